The number of nitrogens with two attached hydrogens (primary N) is 1. The topological polar surface area (TPSA) is 125 Å². The first kappa shape index (κ1) is 27.8. The Labute approximate surface area is 259 Å². The van der Waals surface area contributed by atoms with Crippen LogP contribution in [-0.4, -0.2) is 80.5 Å². The molecular formula is C33H35FN8O3. The van der Waals surface area contributed by atoms with Crippen LogP contribution in [0.5, 0.6) is 11.5 Å². The maximum absolute atomic E-state index is 14.3. The van der Waals surface area contributed by atoms with Crippen LogP contribution >= 0.6 is 0 Å². The van der Waals surface area contributed by atoms with Crippen molar-refractivity contribution in [2.45, 2.75) is 38.0 Å². The highest BCUT2D eigenvalue weighted by molar-refractivity contribution is 6.00. The van der Waals surface area contributed by atoms with E-state index in [-0.39, 0.29) is 24.9 Å². The molecule has 1 aromatic carbocycles. The third kappa shape index (κ3) is 4.93. The number of rotatable bonds is 6. The van der Waals surface area contributed by atoms with Crippen LogP contribution in [0, 0.1) is 5.92 Å². The van der Waals surface area contributed by atoms with Gasteiger partial charge < -0.3 is 34.6 Å². The van der Waals surface area contributed by atoms with Crippen LogP contribution in [0.3, 0.4) is 0 Å². The van der Waals surface area contributed by atoms with Crippen LogP contribution < -0.4 is 20.5 Å². The molecule has 1 saturated carbocycles. The monoisotopic (exact) mass is 610 g/mol. The number of pyridine rings is 2. The number of benzene rings is 1. The lowest BCUT2D eigenvalue weighted by Crippen LogP contribution is -2.50. The van der Waals surface area contributed by atoms with Crippen molar-refractivity contribution < 1.29 is 18.7 Å². The van der Waals surface area contributed by atoms with E-state index in [9.17, 15) is 9.18 Å². The van der Waals surface area contributed by atoms with Crippen molar-refractivity contribution in [3.8, 4) is 34.3 Å². The van der Waals surface area contributed by atoms with Gasteiger partial charge in [-0.2, -0.15) is 0 Å². The summed E-state index contributed by atoms with van der Waals surface area (Å²) in [4.78, 5) is 29.7. The number of methoxy groups -OCH3 is 1. The van der Waals surface area contributed by atoms with Crippen LogP contribution in [0.25, 0.3) is 44.8 Å². The maximum Gasteiger partial charge on any atom is 0.254 e. The SMILES string of the molecule is COc1cc(C(=O)N2C[C@H](N)C[C@@H](F)C2)cc2nc(-c3cc4ccc(-c5cnc6c(c5)OCCN6)nc4n3CC3CC3)n(C)c12. The Kier molecular flexibility index (Phi) is 6.63. The van der Waals surface area contributed by atoms with Gasteiger partial charge in [-0.1, -0.05) is 0 Å². The Morgan fingerprint density at radius 2 is 2.04 bits per heavy atom. The van der Waals surface area contributed by atoms with Crippen LogP contribution in [0.1, 0.15) is 29.6 Å². The summed E-state index contributed by atoms with van der Waals surface area (Å²) in [5, 5.41) is 4.27. The molecular weight excluding hydrogens is 575 g/mol. The molecule has 2 atom stereocenters. The van der Waals surface area contributed by atoms with E-state index < -0.39 is 6.17 Å². The third-order valence-electron chi connectivity index (χ3n) is 9.03. The average Bonchev–Trinajstić information content (AvgIpc) is 3.72. The van der Waals surface area contributed by atoms with Gasteiger partial charge in [0.1, 0.15) is 29.7 Å². The molecule has 2 aliphatic heterocycles. The fraction of sp³-hybridized carbons (Fsp3) is 0.394. The standard InChI is InChI=1S/C33H35FN8O3/c1-40-29-25(9-20(11-27(29)44-2)33(43)41-16-22(34)13-23(35)17-41)39-32(40)26-10-19-5-6-24(38-31(19)42(26)15-18-3-4-18)21-12-28-30(37-14-21)36-7-8-45-28/h5-6,9-12,14,18,22-23H,3-4,7-8,13,15-17,35H2,1-2H3,(H,36,37)/t22-,23-/m1/s1. The number of anilines is 1. The van der Waals surface area contributed by atoms with Crippen molar-refractivity contribution in [3.63, 3.8) is 0 Å². The summed E-state index contributed by atoms with van der Waals surface area (Å²) in [6.07, 6.45) is 3.31. The zero-order chi connectivity index (χ0) is 30.8. The lowest BCUT2D eigenvalue weighted by molar-refractivity contribution is 0.0606. The number of carbonyl (C=O) groups excluding carboxylic acids is 1. The predicted molar refractivity (Wildman–Crippen MR) is 169 cm³/mol. The molecule has 45 heavy (non-hydrogen) atoms. The lowest BCUT2D eigenvalue weighted by Gasteiger charge is -2.33. The number of nitrogens with zero attached hydrogens (tertiary/aromatic N) is 6. The molecule has 0 bridgehead atoms. The molecule has 3 aliphatic rings. The summed E-state index contributed by atoms with van der Waals surface area (Å²) in [6.45, 7) is 2.51. The molecule has 0 radical (unpaired) electrons. The lowest BCUT2D eigenvalue weighted by atomic mass is 10.0. The number of nitrogens with one attached hydrogen (secondary N) is 1. The van der Waals surface area contributed by atoms with Crippen LogP contribution in [0.4, 0.5) is 10.2 Å². The summed E-state index contributed by atoms with van der Waals surface area (Å²) in [5.41, 5.74) is 11.3. The van der Waals surface area contributed by atoms with Gasteiger partial charge in [0, 0.05) is 48.9 Å². The maximum atomic E-state index is 14.3. The number of amides is 1. The predicted octanol–water partition coefficient (Wildman–Crippen LogP) is 4.39. The molecule has 1 saturated heterocycles. The van der Waals surface area contributed by atoms with Crippen molar-refractivity contribution in [2.24, 2.45) is 18.7 Å². The first-order valence-corrected chi connectivity index (χ1v) is 15.5. The van der Waals surface area contributed by atoms with Crippen LogP contribution in [0.15, 0.2) is 42.6 Å². The Morgan fingerprint density at radius 3 is 2.84 bits per heavy atom. The minimum absolute atomic E-state index is 0.0298. The number of piperidine rings is 1. The number of hydrogen-bond donors (Lipinski definition) is 2. The smallest absolute Gasteiger partial charge is 0.254 e. The Bertz CT molecular complexity index is 1950. The highest BCUT2D eigenvalue weighted by Gasteiger charge is 2.31. The largest absolute Gasteiger partial charge is 0.494 e. The summed E-state index contributed by atoms with van der Waals surface area (Å²) >= 11 is 0. The number of ether oxygens (including phenoxy) is 2. The molecule has 1 amide bonds. The number of carbonyl (C=O) groups is 1. The fourth-order valence-corrected chi connectivity index (χ4v) is 6.62. The number of fused-ring (bicyclic) bond motifs is 3. The summed E-state index contributed by atoms with van der Waals surface area (Å²) in [6, 6.07) is 11.3. The molecule has 11 nitrogen and oxygen atoms in total. The Morgan fingerprint density at radius 1 is 1.18 bits per heavy atom. The molecule has 12 heteroatoms. The van der Waals surface area contributed by atoms with E-state index >= 15 is 0 Å². The van der Waals surface area contributed by atoms with Crippen LogP contribution in [-0.2, 0) is 13.6 Å². The van der Waals surface area contributed by atoms with E-state index in [0.717, 1.165) is 64.0 Å². The third-order valence-corrected chi connectivity index (χ3v) is 9.03. The zero-order valence-electron chi connectivity index (χ0n) is 25.3. The summed E-state index contributed by atoms with van der Waals surface area (Å²) in [5.74, 6) is 3.05. The molecule has 232 valence electrons. The van der Waals surface area contributed by atoms with E-state index in [2.05, 4.69) is 27.0 Å². The number of aryl methyl sites for hydroxylation is 1. The van der Waals surface area contributed by atoms with Crippen molar-refractivity contribution >= 4 is 33.8 Å². The molecule has 0 spiro atoms. The van der Waals surface area contributed by atoms with E-state index in [0.29, 0.717) is 35.9 Å². The van der Waals surface area contributed by atoms with Gasteiger partial charge in [0.15, 0.2) is 17.4 Å². The molecule has 2 fully saturated rings. The molecule has 8 rings (SSSR count). The van der Waals surface area contributed by atoms with Gasteiger partial charge in [0.05, 0.1) is 37.1 Å². The van der Waals surface area contributed by atoms with E-state index in [4.69, 9.17) is 25.2 Å². The highest BCUT2D eigenvalue weighted by atomic mass is 19.1. The summed E-state index contributed by atoms with van der Waals surface area (Å²) < 4.78 is 30.1. The average molecular weight is 611 g/mol. The number of halogens is 1. The number of likely N-dealkylation sites (tertiary alicyclic amines) is 1. The van der Waals surface area contributed by atoms with Crippen molar-refractivity contribution in [2.75, 3.05) is 38.7 Å². The first-order chi connectivity index (χ1) is 21.9. The number of alkyl halides is 1. The first-order valence-electron chi connectivity index (χ1n) is 15.5. The van der Waals surface area contributed by atoms with E-state index in [1.807, 2.05) is 29.9 Å². The fourth-order valence-electron chi connectivity index (χ4n) is 6.62. The molecule has 3 N–H and O–H groups in total. The second-order valence-electron chi connectivity index (χ2n) is 12.4. The molecule has 0 unspecified atom stereocenters. The summed E-state index contributed by atoms with van der Waals surface area (Å²) in [7, 11) is 3.53. The van der Waals surface area contributed by atoms with Crippen molar-refractivity contribution in [1.29, 1.82) is 0 Å². The number of imidazole rings is 1. The normalized spacial score (nSPS) is 19.8. The van der Waals surface area contributed by atoms with Crippen LogP contribution in [0.2, 0.25) is 0 Å². The van der Waals surface area contributed by atoms with Gasteiger partial charge in [0.25, 0.3) is 5.91 Å². The van der Waals surface area contributed by atoms with Gasteiger partial charge in [-0.05, 0) is 61.6 Å². The Hall–Kier alpha value is -4.71. The number of aromatic nitrogens is 5. The van der Waals surface area contributed by atoms with Crippen molar-refractivity contribution in [3.05, 3.63) is 48.2 Å². The Balaban J connectivity index is 1.22. The second kappa shape index (κ2) is 10.7. The van der Waals surface area contributed by atoms with Gasteiger partial charge in [-0.25, -0.2) is 19.3 Å². The molecule has 4 aromatic heterocycles. The molecule has 1 aliphatic carbocycles. The van der Waals surface area contributed by atoms with Crippen molar-refractivity contribution in [1.82, 2.24) is 29.0 Å². The minimum Gasteiger partial charge on any atom is -0.494 e. The van der Waals surface area contributed by atoms with Gasteiger partial charge in [-0.3, -0.25) is 4.79 Å². The van der Waals surface area contributed by atoms with E-state index in [1.165, 1.54) is 17.7 Å². The van der Waals surface area contributed by atoms with E-state index in [1.54, 1.807) is 19.2 Å². The second-order valence-corrected chi connectivity index (χ2v) is 12.4. The zero-order valence-corrected chi connectivity index (χ0v) is 25.3. The highest BCUT2D eigenvalue weighted by Crippen LogP contribution is 2.38. The van der Waals surface area contributed by atoms with Gasteiger partial charge in [-0.15, -0.1) is 0 Å². The quantitative estimate of drug-likeness (QED) is 0.290. The number of hydrogen-bond acceptors (Lipinski definition) is 8. The minimum atomic E-state index is -1.14. The van der Waals surface area contributed by atoms with Gasteiger partial charge >= 0.3 is 0 Å². The molecule has 5 aromatic rings. The molecule has 6 heterocycles. The van der Waals surface area contributed by atoms with Gasteiger partial charge in [0.2, 0.25) is 0 Å².